The summed E-state index contributed by atoms with van der Waals surface area (Å²) in [4.78, 5) is 0. The Kier molecular flexibility index (Phi) is 3.50. The zero-order valence-electron chi connectivity index (χ0n) is 11.8. The summed E-state index contributed by atoms with van der Waals surface area (Å²) in [5.74, 6) is 0.867. The van der Waals surface area contributed by atoms with Crippen LogP contribution < -0.4 is 10.9 Å². The third-order valence-electron chi connectivity index (χ3n) is 4.96. The largest absolute Gasteiger partial charge is 0.305 e. The number of para-hydroxylation sites is 1. The van der Waals surface area contributed by atoms with E-state index < -0.39 is 0 Å². The lowest BCUT2D eigenvalue weighted by atomic mass is 9.62. The molecule has 102 valence electrons. The van der Waals surface area contributed by atoms with Gasteiger partial charge in [0.2, 0.25) is 0 Å². The van der Waals surface area contributed by atoms with E-state index in [0.717, 1.165) is 11.6 Å². The Balaban J connectivity index is 1.61. The monoisotopic (exact) mass is 256 g/mol. The van der Waals surface area contributed by atoms with E-state index in [-0.39, 0.29) is 0 Å². The minimum atomic E-state index is 0.566. The molecule has 0 spiro atoms. The molecule has 1 saturated carbocycles. The molecule has 0 radical (unpaired) electrons. The maximum atomic E-state index is 3.40. The summed E-state index contributed by atoms with van der Waals surface area (Å²) in [7, 11) is 0. The van der Waals surface area contributed by atoms with E-state index in [9.17, 15) is 0 Å². The van der Waals surface area contributed by atoms with Crippen molar-refractivity contribution >= 4 is 5.69 Å². The maximum Gasteiger partial charge on any atom is 0.0539 e. The first kappa shape index (κ1) is 12.6. The fourth-order valence-corrected chi connectivity index (χ4v) is 3.57. The van der Waals surface area contributed by atoms with Crippen LogP contribution in [0.1, 0.15) is 45.4 Å². The Hall–Kier alpha value is -1.44. The smallest absolute Gasteiger partial charge is 0.0539 e. The molecule has 0 bridgehead atoms. The molecule has 0 aliphatic heterocycles. The summed E-state index contributed by atoms with van der Waals surface area (Å²) in [6, 6.07) is 10.3. The molecule has 1 aromatic carbocycles. The van der Waals surface area contributed by atoms with Gasteiger partial charge in [-0.25, -0.2) is 0 Å². The van der Waals surface area contributed by atoms with Crippen LogP contribution in [0.5, 0.6) is 0 Å². The molecule has 2 aliphatic carbocycles. The van der Waals surface area contributed by atoms with E-state index in [1.165, 1.54) is 44.2 Å². The summed E-state index contributed by atoms with van der Waals surface area (Å²) < 4.78 is 0. The highest BCUT2D eigenvalue weighted by molar-refractivity contribution is 5.42. The van der Waals surface area contributed by atoms with Crippen LogP contribution in [0.2, 0.25) is 0 Å². The quantitative estimate of drug-likeness (QED) is 0.779. The van der Waals surface area contributed by atoms with E-state index >= 15 is 0 Å². The van der Waals surface area contributed by atoms with Crippen molar-refractivity contribution in [3.8, 4) is 0 Å². The van der Waals surface area contributed by atoms with E-state index in [4.69, 9.17) is 0 Å². The highest BCUT2D eigenvalue weighted by Gasteiger charge is 2.38. The molecule has 1 fully saturated rings. The number of allylic oxidation sites excluding steroid dienone is 2. The second kappa shape index (κ2) is 5.28. The van der Waals surface area contributed by atoms with Gasteiger partial charge in [-0.1, -0.05) is 44.0 Å². The molecule has 0 amide bonds. The Morgan fingerprint density at radius 3 is 2.79 bits per heavy atom. The molecule has 19 heavy (non-hydrogen) atoms. The van der Waals surface area contributed by atoms with Crippen molar-refractivity contribution < 1.29 is 0 Å². The molecule has 1 aromatic rings. The van der Waals surface area contributed by atoms with Crippen molar-refractivity contribution in [2.24, 2.45) is 11.3 Å². The SMILES string of the molecule is C[C@]12CC=C(NNc3ccccc3)C[C@H]1CCCC2. The Morgan fingerprint density at radius 2 is 1.95 bits per heavy atom. The van der Waals surface area contributed by atoms with Gasteiger partial charge in [0, 0.05) is 5.70 Å². The molecule has 2 heteroatoms. The minimum absolute atomic E-state index is 0.566. The Labute approximate surface area is 116 Å². The van der Waals surface area contributed by atoms with Crippen LogP contribution in [0.4, 0.5) is 5.69 Å². The molecule has 2 nitrogen and oxygen atoms in total. The zero-order chi connectivity index (χ0) is 13.1. The van der Waals surface area contributed by atoms with Crippen molar-refractivity contribution in [2.45, 2.75) is 45.4 Å². The molecule has 0 aromatic heterocycles. The number of hydrazine groups is 1. The van der Waals surface area contributed by atoms with Gasteiger partial charge in [-0.2, -0.15) is 0 Å². The molecule has 0 saturated heterocycles. The first-order valence-electron chi connectivity index (χ1n) is 7.52. The number of hydrogen-bond acceptors (Lipinski definition) is 2. The van der Waals surface area contributed by atoms with Crippen molar-refractivity contribution in [1.82, 2.24) is 5.43 Å². The minimum Gasteiger partial charge on any atom is -0.305 e. The molecular weight excluding hydrogens is 232 g/mol. The van der Waals surface area contributed by atoms with Gasteiger partial charge in [0.05, 0.1) is 5.69 Å². The van der Waals surface area contributed by atoms with Crippen LogP contribution in [-0.2, 0) is 0 Å². The average molecular weight is 256 g/mol. The normalized spacial score (nSPS) is 30.2. The number of anilines is 1. The number of rotatable bonds is 3. The fraction of sp³-hybridized carbons (Fsp3) is 0.529. The molecule has 2 atom stereocenters. The summed E-state index contributed by atoms with van der Waals surface area (Å²) in [5.41, 5.74) is 9.76. The number of hydrogen-bond donors (Lipinski definition) is 2. The third kappa shape index (κ3) is 2.78. The Bertz CT molecular complexity index is 452. The first-order chi connectivity index (χ1) is 9.26. The van der Waals surface area contributed by atoms with Crippen LogP contribution >= 0.6 is 0 Å². The van der Waals surface area contributed by atoms with E-state index in [1.807, 2.05) is 6.07 Å². The van der Waals surface area contributed by atoms with Crippen molar-refractivity contribution in [1.29, 1.82) is 0 Å². The fourth-order valence-electron chi connectivity index (χ4n) is 3.57. The zero-order valence-corrected chi connectivity index (χ0v) is 11.8. The summed E-state index contributed by atoms with van der Waals surface area (Å²) in [6.45, 7) is 2.48. The van der Waals surface area contributed by atoms with Gasteiger partial charge < -0.3 is 10.9 Å². The molecule has 0 heterocycles. The van der Waals surface area contributed by atoms with Gasteiger partial charge in [-0.05, 0) is 49.1 Å². The van der Waals surface area contributed by atoms with E-state index in [0.29, 0.717) is 5.41 Å². The van der Waals surface area contributed by atoms with Gasteiger partial charge >= 0.3 is 0 Å². The van der Waals surface area contributed by atoms with Crippen molar-refractivity contribution in [3.05, 3.63) is 42.1 Å². The summed E-state index contributed by atoms with van der Waals surface area (Å²) >= 11 is 0. The molecular formula is C17H24N2. The van der Waals surface area contributed by atoms with E-state index in [2.05, 4.69) is 48.1 Å². The number of nitrogens with one attached hydrogen (secondary N) is 2. The van der Waals surface area contributed by atoms with E-state index in [1.54, 1.807) is 0 Å². The maximum absolute atomic E-state index is 3.40. The summed E-state index contributed by atoms with van der Waals surface area (Å²) in [6.07, 6.45) is 10.5. The highest BCUT2D eigenvalue weighted by atomic mass is 15.4. The van der Waals surface area contributed by atoms with Crippen LogP contribution in [0.3, 0.4) is 0 Å². The summed E-state index contributed by atoms with van der Waals surface area (Å²) in [5, 5.41) is 0. The number of benzene rings is 1. The lowest BCUT2D eigenvalue weighted by Gasteiger charge is -2.44. The van der Waals surface area contributed by atoms with Crippen LogP contribution in [0.25, 0.3) is 0 Å². The second-order valence-corrected chi connectivity index (χ2v) is 6.35. The van der Waals surface area contributed by atoms with Crippen LogP contribution in [-0.4, -0.2) is 0 Å². The first-order valence-corrected chi connectivity index (χ1v) is 7.52. The predicted molar refractivity (Wildman–Crippen MR) is 80.6 cm³/mol. The van der Waals surface area contributed by atoms with Gasteiger partial charge in [0.15, 0.2) is 0 Å². The van der Waals surface area contributed by atoms with Gasteiger partial charge in [0.25, 0.3) is 0 Å². The topological polar surface area (TPSA) is 24.1 Å². The predicted octanol–water partition coefficient (Wildman–Crippen LogP) is 4.48. The average Bonchev–Trinajstić information content (AvgIpc) is 2.46. The van der Waals surface area contributed by atoms with Gasteiger partial charge in [-0.3, -0.25) is 0 Å². The van der Waals surface area contributed by atoms with Crippen molar-refractivity contribution in [2.75, 3.05) is 5.43 Å². The molecule has 2 aliphatic rings. The van der Waals surface area contributed by atoms with Crippen molar-refractivity contribution in [3.63, 3.8) is 0 Å². The standard InChI is InChI=1S/C17H24N2/c1-17-11-6-5-7-14(17)13-16(10-12-17)19-18-15-8-3-2-4-9-15/h2-4,8-10,14,18-19H,5-7,11-13H2,1H3/t14-,17+/m1/s1. The Morgan fingerprint density at radius 1 is 1.11 bits per heavy atom. The van der Waals surface area contributed by atoms with Crippen LogP contribution in [0, 0.1) is 11.3 Å². The lowest BCUT2D eigenvalue weighted by molar-refractivity contribution is 0.107. The molecule has 2 N–H and O–H groups in total. The lowest BCUT2D eigenvalue weighted by Crippen LogP contribution is -2.36. The van der Waals surface area contributed by atoms with Gasteiger partial charge in [0.1, 0.15) is 0 Å². The molecule has 0 unspecified atom stereocenters. The third-order valence-corrected chi connectivity index (χ3v) is 4.96. The number of fused-ring (bicyclic) bond motifs is 1. The second-order valence-electron chi connectivity index (χ2n) is 6.35. The van der Waals surface area contributed by atoms with Gasteiger partial charge in [-0.15, -0.1) is 0 Å². The molecule has 3 rings (SSSR count). The van der Waals surface area contributed by atoms with Crippen LogP contribution in [0.15, 0.2) is 42.1 Å². The highest BCUT2D eigenvalue weighted by Crippen LogP contribution is 2.49.